The minimum Gasteiger partial charge on any atom is -0.490 e. The molecule has 0 bridgehead atoms. The third-order valence-corrected chi connectivity index (χ3v) is 4.05. The maximum absolute atomic E-state index is 10.9. The summed E-state index contributed by atoms with van der Waals surface area (Å²) in [6.45, 7) is 4.90. The normalized spacial score (nSPS) is 21.7. The number of carbonyl (C=O) groups is 1. The zero-order chi connectivity index (χ0) is 17.9. The van der Waals surface area contributed by atoms with Crippen LogP contribution in [0.15, 0.2) is 48.9 Å². The number of hydrogen-bond acceptors (Lipinski definition) is 7. The Kier molecular flexibility index (Phi) is 4.43. The summed E-state index contributed by atoms with van der Waals surface area (Å²) in [6.07, 6.45) is -1.19. The largest absolute Gasteiger partial charge is 0.508 e. The Hall–Kier alpha value is -3.09. The number of benzene rings is 2. The Morgan fingerprint density at radius 2 is 1.81 bits per heavy atom. The van der Waals surface area contributed by atoms with Gasteiger partial charge in [-0.1, -0.05) is 12.1 Å². The third-order valence-electron chi connectivity index (χ3n) is 4.05. The minimum absolute atomic E-state index is 0.156. The highest BCUT2D eigenvalue weighted by Crippen LogP contribution is 2.29. The fourth-order valence-electron chi connectivity index (χ4n) is 2.79. The summed E-state index contributed by atoms with van der Waals surface area (Å²) in [4.78, 5) is 10.9. The topological polar surface area (TPSA) is 72.5 Å². The molecule has 0 spiro atoms. The molecule has 0 radical (unpaired) electrons. The predicted octanol–water partition coefficient (Wildman–Crippen LogP) is 3.02. The molecule has 2 fully saturated rings. The van der Waals surface area contributed by atoms with Crippen LogP contribution in [-0.4, -0.2) is 44.8 Å². The summed E-state index contributed by atoms with van der Waals surface area (Å²) in [5.74, 6) is 1.77. The van der Waals surface area contributed by atoms with E-state index >= 15 is 0 Å². The second-order valence-electron chi connectivity index (χ2n) is 5.98. The van der Waals surface area contributed by atoms with Crippen molar-refractivity contribution in [2.24, 2.45) is 0 Å². The Labute approximate surface area is 150 Å². The number of carbonyl (C=O) groups excluding carboxylic acids is 1. The smallest absolute Gasteiger partial charge is 0.490 e. The molecular formula is C19H18O7. The van der Waals surface area contributed by atoms with E-state index in [1.807, 2.05) is 36.4 Å². The molecular weight excluding hydrogens is 340 g/mol. The summed E-state index contributed by atoms with van der Waals surface area (Å²) in [7, 11) is 0. The lowest BCUT2D eigenvalue weighted by atomic mass is 10.1. The van der Waals surface area contributed by atoms with Crippen molar-refractivity contribution >= 4 is 16.9 Å². The SMILES string of the molecule is C=C1OCC(COc2cccc3cc(OCC4COC(=O)O4)ccc23)O1. The first kappa shape index (κ1) is 16.4. The van der Waals surface area contributed by atoms with Gasteiger partial charge in [0.05, 0.1) is 0 Å². The molecule has 7 heteroatoms. The van der Waals surface area contributed by atoms with Crippen LogP contribution >= 0.6 is 0 Å². The van der Waals surface area contributed by atoms with Gasteiger partial charge in [-0.05, 0) is 36.2 Å². The van der Waals surface area contributed by atoms with Gasteiger partial charge in [0.1, 0.15) is 37.9 Å². The first-order chi connectivity index (χ1) is 12.7. The van der Waals surface area contributed by atoms with E-state index in [0.717, 1.165) is 16.5 Å². The van der Waals surface area contributed by atoms with Gasteiger partial charge in [0.15, 0.2) is 12.2 Å². The molecule has 2 atom stereocenters. The molecule has 2 aliphatic heterocycles. The van der Waals surface area contributed by atoms with Crippen LogP contribution in [0.1, 0.15) is 0 Å². The van der Waals surface area contributed by atoms with Gasteiger partial charge < -0.3 is 28.4 Å². The molecule has 0 amide bonds. The van der Waals surface area contributed by atoms with Gasteiger partial charge in [-0.15, -0.1) is 0 Å². The zero-order valence-corrected chi connectivity index (χ0v) is 14.0. The maximum Gasteiger partial charge on any atom is 0.508 e. The molecule has 7 nitrogen and oxygen atoms in total. The minimum atomic E-state index is -0.654. The monoisotopic (exact) mass is 358 g/mol. The van der Waals surface area contributed by atoms with E-state index in [1.165, 1.54) is 0 Å². The highest BCUT2D eigenvalue weighted by Gasteiger charge is 2.25. The number of cyclic esters (lactones) is 2. The summed E-state index contributed by atoms with van der Waals surface area (Å²) in [5, 5.41) is 1.95. The van der Waals surface area contributed by atoms with Gasteiger partial charge in [0, 0.05) is 5.39 Å². The van der Waals surface area contributed by atoms with Crippen LogP contribution in [-0.2, 0) is 18.9 Å². The summed E-state index contributed by atoms with van der Waals surface area (Å²) in [5.41, 5.74) is 0. The van der Waals surface area contributed by atoms with Crippen molar-refractivity contribution in [3.63, 3.8) is 0 Å². The molecule has 0 N–H and O–H groups in total. The molecule has 136 valence electrons. The third kappa shape index (κ3) is 3.61. The van der Waals surface area contributed by atoms with E-state index in [2.05, 4.69) is 6.58 Å². The Morgan fingerprint density at radius 1 is 1.00 bits per heavy atom. The van der Waals surface area contributed by atoms with E-state index in [0.29, 0.717) is 24.9 Å². The highest BCUT2D eigenvalue weighted by molar-refractivity contribution is 5.89. The Balaban J connectivity index is 1.41. The predicted molar refractivity (Wildman–Crippen MR) is 91.1 cm³/mol. The summed E-state index contributed by atoms with van der Waals surface area (Å²) in [6, 6.07) is 11.5. The molecule has 26 heavy (non-hydrogen) atoms. The van der Waals surface area contributed by atoms with Crippen molar-refractivity contribution in [1.82, 2.24) is 0 Å². The van der Waals surface area contributed by atoms with E-state index in [9.17, 15) is 4.79 Å². The molecule has 4 rings (SSSR count). The zero-order valence-electron chi connectivity index (χ0n) is 14.0. The van der Waals surface area contributed by atoms with Crippen LogP contribution in [0, 0.1) is 0 Å². The van der Waals surface area contributed by atoms with Crippen molar-refractivity contribution in [3.8, 4) is 11.5 Å². The molecule has 2 heterocycles. The van der Waals surface area contributed by atoms with Crippen LogP contribution in [0.3, 0.4) is 0 Å². The first-order valence-corrected chi connectivity index (χ1v) is 8.27. The standard InChI is InChI=1S/C19H18O7/c1-12-21-8-15(25-12)10-23-18-4-2-3-13-7-14(5-6-17(13)18)22-9-16-11-24-19(20)26-16/h2-7,15-16H,1,8-11H2. The fourth-order valence-corrected chi connectivity index (χ4v) is 2.79. The Morgan fingerprint density at radius 3 is 2.58 bits per heavy atom. The average molecular weight is 358 g/mol. The van der Waals surface area contributed by atoms with E-state index in [1.54, 1.807) is 0 Å². The lowest BCUT2D eigenvalue weighted by Gasteiger charge is -2.13. The molecule has 0 saturated carbocycles. The van der Waals surface area contributed by atoms with Crippen molar-refractivity contribution in [1.29, 1.82) is 0 Å². The quantitative estimate of drug-likeness (QED) is 0.735. The number of ether oxygens (including phenoxy) is 6. The van der Waals surface area contributed by atoms with Gasteiger partial charge in [-0.3, -0.25) is 0 Å². The second kappa shape index (κ2) is 7.03. The molecule has 0 aliphatic carbocycles. The molecule has 0 aromatic heterocycles. The molecule has 2 unspecified atom stereocenters. The summed E-state index contributed by atoms with van der Waals surface area (Å²) < 4.78 is 31.8. The van der Waals surface area contributed by atoms with Crippen LogP contribution in [0.2, 0.25) is 0 Å². The Bertz CT molecular complexity index is 832. The van der Waals surface area contributed by atoms with E-state index in [4.69, 9.17) is 28.4 Å². The van der Waals surface area contributed by atoms with Crippen LogP contribution < -0.4 is 9.47 Å². The van der Waals surface area contributed by atoms with Crippen molar-refractivity contribution in [2.75, 3.05) is 26.4 Å². The van der Waals surface area contributed by atoms with Crippen LogP contribution in [0.5, 0.6) is 11.5 Å². The van der Waals surface area contributed by atoms with Gasteiger partial charge in [0.2, 0.25) is 0 Å². The van der Waals surface area contributed by atoms with E-state index in [-0.39, 0.29) is 25.4 Å². The van der Waals surface area contributed by atoms with Gasteiger partial charge in [0.25, 0.3) is 5.95 Å². The van der Waals surface area contributed by atoms with Crippen LogP contribution in [0.25, 0.3) is 10.8 Å². The fraction of sp³-hybridized carbons (Fsp3) is 0.316. The van der Waals surface area contributed by atoms with Crippen molar-refractivity contribution in [3.05, 3.63) is 48.9 Å². The van der Waals surface area contributed by atoms with Gasteiger partial charge in [-0.25, -0.2) is 4.79 Å². The van der Waals surface area contributed by atoms with Crippen LogP contribution in [0.4, 0.5) is 4.79 Å². The summed E-state index contributed by atoms with van der Waals surface area (Å²) >= 11 is 0. The lowest BCUT2D eigenvalue weighted by Crippen LogP contribution is -2.20. The van der Waals surface area contributed by atoms with Gasteiger partial charge in [-0.2, -0.15) is 0 Å². The average Bonchev–Trinajstić information content (AvgIpc) is 3.26. The first-order valence-electron chi connectivity index (χ1n) is 8.27. The molecule has 2 aromatic rings. The van der Waals surface area contributed by atoms with Crippen molar-refractivity contribution in [2.45, 2.75) is 12.2 Å². The maximum atomic E-state index is 10.9. The second-order valence-corrected chi connectivity index (χ2v) is 5.98. The molecule has 2 aromatic carbocycles. The van der Waals surface area contributed by atoms with E-state index < -0.39 is 6.16 Å². The van der Waals surface area contributed by atoms with Crippen molar-refractivity contribution < 1.29 is 33.2 Å². The number of hydrogen-bond donors (Lipinski definition) is 0. The highest BCUT2D eigenvalue weighted by atomic mass is 16.8. The molecule has 2 saturated heterocycles. The number of fused-ring (bicyclic) bond motifs is 1. The lowest BCUT2D eigenvalue weighted by molar-refractivity contribution is 0.0983. The van der Waals surface area contributed by atoms with Gasteiger partial charge >= 0.3 is 6.16 Å². The number of rotatable bonds is 6. The molecule has 2 aliphatic rings.